The van der Waals surface area contributed by atoms with Gasteiger partial charge in [0.2, 0.25) is 11.2 Å². The number of rotatable bonds is 5. The summed E-state index contributed by atoms with van der Waals surface area (Å²) in [5.74, 6) is 0.995. The molecule has 0 saturated carbocycles. The molecular weight excluding hydrogens is 277 g/mol. The molecule has 5 nitrogen and oxygen atoms in total. The van der Waals surface area contributed by atoms with Gasteiger partial charge in [-0.25, -0.2) is 4.98 Å². The average Bonchev–Trinajstić information content (AvgIpc) is 2.35. The fourth-order valence-electron chi connectivity index (χ4n) is 1.18. The van der Waals surface area contributed by atoms with Gasteiger partial charge >= 0.3 is 0 Å². The minimum absolute atomic E-state index is 0.0469. The van der Waals surface area contributed by atoms with Crippen molar-refractivity contribution in [3.8, 4) is 11.6 Å². The second-order valence-corrected chi connectivity index (χ2v) is 3.91. The van der Waals surface area contributed by atoms with Crippen molar-refractivity contribution in [3.05, 3.63) is 41.0 Å². The number of hydrogen-bond donors (Lipinski definition) is 0. The van der Waals surface area contributed by atoms with E-state index in [1.807, 2.05) is 6.07 Å². The van der Waals surface area contributed by atoms with Crippen molar-refractivity contribution in [1.82, 2.24) is 15.0 Å². The van der Waals surface area contributed by atoms with E-state index in [0.29, 0.717) is 24.8 Å². The van der Waals surface area contributed by atoms with Gasteiger partial charge in [0.1, 0.15) is 24.1 Å². The van der Waals surface area contributed by atoms with E-state index in [0.717, 1.165) is 0 Å². The molecule has 2 heterocycles. The Kier molecular flexibility index (Phi) is 4.55. The molecule has 0 N–H and O–H groups in total. The van der Waals surface area contributed by atoms with E-state index in [2.05, 4.69) is 15.0 Å². The van der Waals surface area contributed by atoms with E-state index >= 15 is 0 Å². The number of halogens is 2. The molecule has 0 saturated heterocycles. The fourth-order valence-corrected chi connectivity index (χ4v) is 1.57. The lowest BCUT2D eigenvalue weighted by Crippen LogP contribution is -2.10. The molecule has 0 atom stereocenters. The summed E-state index contributed by atoms with van der Waals surface area (Å²) in [4.78, 5) is 11.5. The summed E-state index contributed by atoms with van der Waals surface area (Å²) in [6, 6.07) is 5.09. The lowest BCUT2D eigenvalue weighted by molar-refractivity contribution is 0.211. The largest absolute Gasteiger partial charge is 0.488 e. The van der Waals surface area contributed by atoms with Crippen LogP contribution in [0, 0.1) is 0 Å². The summed E-state index contributed by atoms with van der Waals surface area (Å²) in [6.07, 6.45) is 3.30. The average molecular weight is 286 g/mol. The lowest BCUT2D eigenvalue weighted by Gasteiger charge is -2.07. The van der Waals surface area contributed by atoms with Gasteiger partial charge < -0.3 is 9.47 Å². The van der Waals surface area contributed by atoms with Crippen molar-refractivity contribution in [3.63, 3.8) is 0 Å². The summed E-state index contributed by atoms with van der Waals surface area (Å²) in [5.41, 5.74) is 0. The number of hydrogen-bond acceptors (Lipinski definition) is 5. The molecule has 7 heteroatoms. The zero-order valence-corrected chi connectivity index (χ0v) is 10.7. The second kappa shape index (κ2) is 6.37. The Labute approximate surface area is 114 Å². The summed E-state index contributed by atoms with van der Waals surface area (Å²) in [5, 5.41) is 0.281. The molecule has 2 aromatic rings. The maximum atomic E-state index is 5.70. The molecule has 0 aromatic carbocycles. The van der Waals surface area contributed by atoms with E-state index in [4.69, 9.17) is 32.7 Å². The van der Waals surface area contributed by atoms with Gasteiger partial charge in [-0.1, -0.05) is 11.6 Å². The quantitative estimate of drug-likeness (QED) is 0.480. The molecule has 0 aliphatic heterocycles. The first kappa shape index (κ1) is 12.9. The molecule has 0 fully saturated rings. The first-order valence-corrected chi connectivity index (χ1v) is 5.85. The van der Waals surface area contributed by atoms with Crippen LogP contribution in [0.25, 0.3) is 0 Å². The van der Waals surface area contributed by atoms with E-state index in [1.54, 1.807) is 18.5 Å². The smallest absolute Gasteiger partial charge is 0.227 e. The molecule has 0 unspecified atom stereocenters. The van der Waals surface area contributed by atoms with E-state index in [9.17, 15) is 0 Å². The predicted octanol–water partition coefficient (Wildman–Crippen LogP) is 2.64. The third-order valence-electron chi connectivity index (χ3n) is 1.88. The summed E-state index contributed by atoms with van der Waals surface area (Å²) >= 11 is 11.3. The van der Waals surface area contributed by atoms with Gasteiger partial charge in [-0.3, -0.25) is 4.98 Å². The first-order valence-electron chi connectivity index (χ1n) is 5.10. The molecule has 18 heavy (non-hydrogen) atoms. The second-order valence-electron chi connectivity index (χ2n) is 3.18. The summed E-state index contributed by atoms with van der Waals surface area (Å²) in [7, 11) is 0. The van der Waals surface area contributed by atoms with Gasteiger partial charge in [-0.15, -0.1) is 0 Å². The summed E-state index contributed by atoms with van der Waals surface area (Å²) < 4.78 is 10.7. The maximum absolute atomic E-state index is 5.70. The van der Waals surface area contributed by atoms with Crippen LogP contribution < -0.4 is 9.47 Å². The normalized spacial score (nSPS) is 10.1. The van der Waals surface area contributed by atoms with Crippen LogP contribution in [0.2, 0.25) is 10.4 Å². The SMILES string of the molecule is Clc1cc(OCCOc2cccnc2)nc(Cl)n1. The number of aromatic nitrogens is 3. The van der Waals surface area contributed by atoms with Crippen molar-refractivity contribution in [2.45, 2.75) is 0 Å². The predicted molar refractivity (Wildman–Crippen MR) is 67.3 cm³/mol. The van der Waals surface area contributed by atoms with E-state index in [1.165, 1.54) is 6.07 Å². The highest BCUT2D eigenvalue weighted by molar-refractivity contribution is 6.31. The maximum Gasteiger partial charge on any atom is 0.227 e. The highest BCUT2D eigenvalue weighted by atomic mass is 35.5. The van der Waals surface area contributed by atoms with Crippen LogP contribution in [-0.2, 0) is 0 Å². The molecule has 0 spiro atoms. The number of ether oxygens (including phenoxy) is 2. The third kappa shape index (κ3) is 4.01. The van der Waals surface area contributed by atoms with Gasteiger partial charge in [-0.2, -0.15) is 4.98 Å². The van der Waals surface area contributed by atoms with Gasteiger partial charge in [0, 0.05) is 12.3 Å². The summed E-state index contributed by atoms with van der Waals surface area (Å²) in [6.45, 7) is 0.684. The van der Waals surface area contributed by atoms with Crippen LogP contribution >= 0.6 is 23.2 Å². The van der Waals surface area contributed by atoms with Crippen LogP contribution in [-0.4, -0.2) is 28.2 Å². The molecule has 0 radical (unpaired) electrons. The van der Waals surface area contributed by atoms with Crippen LogP contribution in [0.1, 0.15) is 0 Å². The Bertz CT molecular complexity index is 491. The minimum Gasteiger partial charge on any atom is -0.488 e. The van der Waals surface area contributed by atoms with Crippen molar-refractivity contribution >= 4 is 23.2 Å². The standard InChI is InChI=1S/C11H9Cl2N3O2/c12-9-6-10(16-11(13)15-9)18-5-4-17-8-2-1-3-14-7-8/h1-3,6-7H,4-5H2. The Hall–Kier alpha value is -1.59. The monoisotopic (exact) mass is 285 g/mol. The van der Waals surface area contributed by atoms with Gasteiger partial charge in [-0.05, 0) is 23.7 Å². The Morgan fingerprint density at radius 2 is 1.94 bits per heavy atom. The zero-order chi connectivity index (χ0) is 12.8. The molecule has 2 aromatic heterocycles. The number of pyridine rings is 1. The molecule has 0 bridgehead atoms. The Morgan fingerprint density at radius 1 is 1.11 bits per heavy atom. The number of nitrogens with zero attached hydrogens (tertiary/aromatic N) is 3. The minimum atomic E-state index is 0.0469. The Morgan fingerprint density at radius 3 is 2.67 bits per heavy atom. The molecule has 2 rings (SSSR count). The molecule has 0 amide bonds. The van der Waals surface area contributed by atoms with Crippen LogP contribution in [0.15, 0.2) is 30.6 Å². The van der Waals surface area contributed by atoms with Crippen LogP contribution in [0.5, 0.6) is 11.6 Å². The van der Waals surface area contributed by atoms with Gasteiger partial charge in [0.15, 0.2) is 0 Å². The lowest BCUT2D eigenvalue weighted by atomic mass is 10.5. The van der Waals surface area contributed by atoms with Gasteiger partial charge in [0.05, 0.1) is 6.20 Å². The zero-order valence-electron chi connectivity index (χ0n) is 9.22. The van der Waals surface area contributed by atoms with E-state index in [-0.39, 0.29) is 10.4 Å². The van der Waals surface area contributed by atoms with Crippen LogP contribution in [0.4, 0.5) is 0 Å². The molecular formula is C11H9Cl2N3O2. The molecule has 94 valence electrons. The first-order chi connectivity index (χ1) is 8.74. The highest BCUT2D eigenvalue weighted by Crippen LogP contribution is 2.16. The third-order valence-corrected chi connectivity index (χ3v) is 2.24. The molecule has 0 aliphatic rings. The van der Waals surface area contributed by atoms with E-state index < -0.39 is 0 Å². The van der Waals surface area contributed by atoms with Gasteiger partial charge in [0.25, 0.3) is 0 Å². The van der Waals surface area contributed by atoms with Crippen molar-refractivity contribution in [1.29, 1.82) is 0 Å². The highest BCUT2D eigenvalue weighted by Gasteiger charge is 2.02. The Balaban J connectivity index is 1.78. The molecule has 0 aliphatic carbocycles. The van der Waals surface area contributed by atoms with Crippen LogP contribution in [0.3, 0.4) is 0 Å². The fraction of sp³-hybridized carbons (Fsp3) is 0.182. The van der Waals surface area contributed by atoms with Crippen molar-refractivity contribution in [2.24, 2.45) is 0 Å². The van der Waals surface area contributed by atoms with Crippen molar-refractivity contribution in [2.75, 3.05) is 13.2 Å². The van der Waals surface area contributed by atoms with Crippen molar-refractivity contribution < 1.29 is 9.47 Å². The topological polar surface area (TPSA) is 57.1 Å².